The van der Waals surface area contributed by atoms with Gasteiger partial charge in [0.25, 0.3) is 0 Å². The first-order valence-corrected chi connectivity index (χ1v) is 9.68. The van der Waals surface area contributed by atoms with E-state index in [2.05, 4.69) is 11.7 Å². The lowest BCUT2D eigenvalue weighted by Gasteiger charge is -2.06. The van der Waals surface area contributed by atoms with Crippen LogP contribution in [0.1, 0.15) is 103 Å². The molecule has 0 atom stereocenters. The third kappa shape index (κ3) is 19.3. The molecule has 0 aromatic carbocycles. The molecule has 0 radical (unpaired) electrons. The molecule has 0 saturated carbocycles. The Balaban J connectivity index is 3.09. The van der Waals surface area contributed by atoms with Crippen LogP contribution in [0.15, 0.2) is 0 Å². The summed E-state index contributed by atoms with van der Waals surface area (Å²) in [5, 5.41) is 17.1. The molecule has 2 N–H and O–H groups in total. The fourth-order valence-corrected chi connectivity index (χ4v) is 2.70. The Morgan fingerprint density at radius 2 is 1.13 bits per heavy atom. The summed E-state index contributed by atoms with van der Waals surface area (Å²) in [4.78, 5) is 11.2. The maximum atomic E-state index is 11.2. The minimum absolute atomic E-state index is 0.322. The van der Waals surface area contributed by atoms with E-state index < -0.39 is 6.29 Å². The van der Waals surface area contributed by atoms with Gasteiger partial charge in [0, 0.05) is 6.42 Å². The van der Waals surface area contributed by atoms with Crippen LogP contribution >= 0.6 is 0 Å². The summed E-state index contributed by atoms with van der Waals surface area (Å²) >= 11 is 0. The molecule has 138 valence electrons. The van der Waals surface area contributed by atoms with E-state index in [1.54, 1.807) is 0 Å². The first-order valence-electron chi connectivity index (χ1n) is 9.68. The quantitative estimate of drug-likeness (QED) is 0.230. The van der Waals surface area contributed by atoms with Crippen LogP contribution in [-0.4, -0.2) is 29.1 Å². The van der Waals surface area contributed by atoms with Crippen LogP contribution in [0.5, 0.6) is 0 Å². The number of hydrogen-bond acceptors (Lipinski definition) is 4. The predicted octanol–water partition coefficient (Wildman–Crippen LogP) is 4.71. The number of ether oxygens (including phenoxy) is 1. The van der Waals surface area contributed by atoms with E-state index in [1.165, 1.54) is 77.0 Å². The Morgan fingerprint density at radius 1 is 0.739 bits per heavy atom. The van der Waals surface area contributed by atoms with E-state index in [-0.39, 0.29) is 12.6 Å². The highest BCUT2D eigenvalue weighted by atomic mass is 16.6. The number of hydrogen-bond donors (Lipinski definition) is 2. The molecule has 4 nitrogen and oxygen atoms in total. The lowest BCUT2D eigenvalue weighted by atomic mass is 10.0. The first kappa shape index (κ1) is 22.4. The van der Waals surface area contributed by atoms with Crippen molar-refractivity contribution in [3.63, 3.8) is 0 Å². The highest BCUT2D eigenvalue weighted by Crippen LogP contribution is 2.13. The van der Waals surface area contributed by atoms with Crippen LogP contribution in [0.25, 0.3) is 0 Å². The molecule has 0 aliphatic heterocycles. The molecule has 0 aliphatic rings. The van der Waals surface area contributed by atoms with E-state index in [0.717, 1.165) is 12.8 Å². The molecule has 0 amide bonds. The minimum Gasteiger partial charge on any atom is -0.460 e. The van der Waals surface area contributed by atoms with Gasteiger partial charge in [0.2, 0.25) is 0 Å². The number of unbranched alkanes of at least 4 members (excludes halogenated alkanes) is 13. The molecule has 0 fully saturated rings. The second-order valence-corrected chi connectivity index (χ2v) is 6.51. The van der Waals surface area contributed by atoms with Crippen molar-refractivity contribution in [2.24, 2.45) is 0 Å². The van der Waals surface area contributed by atoms with Gasteiger partial charge in [-0.1, -0.05) is 90.4 Å². The van der Waals surface area contributed by atoms with Gasteiger partial charge < -0.3 is 14.9 Å². The van der Waals surface area contributed by atoms with Crippen molar-refractivity contribution in [2.45, 2.75) is 110 Å². The standard InChI is InChI=1S/C19H38O4/c1-2-3-4-5-6-7-8-9-10-11-12-13-14-15-16-19(22)23-17-18(20)21/h18,20-21H,2-17H2,1H3. The van der Waals surface area contributed by atoms with E-state index in [9.17, 15) is 4.79 Å². The van der Waals surface area contributed by atoms with Crippen LogP contribution in [0, 0.1) is 0 Å². The number of carbonyl (C=O) groups excluding carboxylic acids is 1. The average molecular weight is 331 g/mol. The molecular weight excluding hydrogens is 292 g/mol. The summed E-state index contributed by atoms with van der Waals surface area (Å²) in [5.41, 5.74) is 0. The number of esters is 1. The van der Waals surface area contributed by atoms with E-state index in [1.807, 2.05) is 0 Å². The fraction of sp³-hybridized carbons (Fsp3) is 0.947. The van der Waals surface area contributed by atoms with Gasteiger partial charge in [-0.2, -0.15) is 0 Å². The Labute approximate surface area is 142 Å². The second kappa shape index (κ2) is 17.7. The third-order valence-electron chi connectivity index (χ3n) is 4.13. The molecule has 0 unspecified atom stereocenters. The van der Waals surface area contributed by atoms with Crippen LogP contribution in [0.4, 0.5) is 0 Å². The Hall–Kier alpha value is -0.610. The molecular formula is C19H38O4. The second-order valence-electron chi connectivity index (χ2n) is 6.51. The Morgan fingerprint density at radius 3 is 1.52 bits per heavy atom. The molecule has 0 heterocycles. The van der Waals surface area contributed by atoms with Gasteiger partial charge in [0.1, 0.15) is 6.61 Å². The summed E-state index contributed by atoms with van der Waals surface area (Å²) in [7, 11) is 0. The summed E-state index contributed by atoms with van der Waals surface area (Å²) in [6.45, 7) is 1.94. The van der Waals surface area contributed by atoms with Crippen LogP contribution < -0.4 is 0 Å². The summed E-state index contributed by atoms with van der Waals surface area (Å²) < 4.78 is 4.68. The lowest BCUT2D eigenvalue weighted by Crippen LogP contribution is -2.17. The van der Waals surface area contributed by atoms with Gasteiger partial charge in [0.05, 0.1) is 0 Å². The molecule has 0 rings (SSSR count). The average Bonchev–Trinajstić information content (AvgIpc) is 2.53. The lowest BCUT2D eigenvalue weighted by molar-refractivity contribution is -0.156. The zero-order chi connectivity index (χ0) is 17.2. The van der Waals surface area contributed by atoms with E-state index >= 15 is 0 Å². The van der Waals surface area contributed by atoms with Gasteiger partial charge in [-0.3, -0.25) is 4.79 Å². The van der Waals surface area contributed by atoms with Crippen molar-refractivity contribution in [3.8, 4) is 0 Å². The van der Waals surface area contributed by atoms with Crippen LogP contribution in [0.2, 0.25) is 0 Å². The van der Waals surface area contributed by atoms with Gasteiger partial charge in [-0.15, -0.1) is 0 Å². The zero-order valence-electron chi connectivity index (χ0n) is 15.1. The molecule has 0 saturated heterocycles. The molecule has 0 aliphatic carbocycles. The monoisotopic (exact) mass is 330 g/mol. The summed E-state index contributed by atoms with van der Waals surface area (Å²) in [6, 6.07) is 0. The third-order valence-corrected chi connectivity index (χ3v) is 4.13. The largest absolute Gasteiger partial charge is 0.460 e. The molecule has 0 bridgehead atoms. The van der Waals surface area contributed by atoms with Crippen LogP contribution in [-0.2, 0) is 9.53 Å². The molecule has 0 aromatic rings. The van der Waals surface area contributed by atoms with Crippen molar-refractivity contribution < 1.29 is 19.7 Å². The van der Waals surface area contributed by atoms with Gasteiger partial charge in [0.15, 0.2) is 6.29 Å². The number of carbonyl (C=O) groups is 1. The zero-order valence-corrected chi connectivity index (χ0v) is 15.1. The highest BCUT2D eigenvalue weighted by molar-refractivity contribution is 5.69. The normalized spacial score (nSPS) is 11.1. The number of aliphatic hydroxyl groups is 2. The van der Waals surface area contributed by atoms with Crippen molar-refractivity contribution in [1.29, 1.82) is 0 Å². The molecule has 0 aromatic heterocycles. The first-order chi connectivity index (χ1) is 11.2. The highest BCUT2D eigenvalue weighted by Gasteiger charge is 2.05. The maximum absolute atomic E-state index is 11.2. The number of rotatable bonds is 17. The van der Waals surface area contributed by atoms with E-state index in [4.69, 9.17) is 10.2 Å². The predicted molar refractivity (Wildman–Crippen MR) is 94.1 cm³/mol. The smallest absolute Gasteiger partial charge is 0.305 e. The molecule has 23 heavy (non-hydrogen) atoms. The summed E-state index contributed by atoms with van der Waals surface area (Å²) in [5.74, 6) is -0.336. The molecule has 0 spiro atoms. The molecule has 4 heteroatoms. The van der Waals surface area contributed by atoms with Crippen LogP contribution in [0.3, 0.4) is 0 Å². The fourth-order valence-electron chi connectivity index (χ4n) is 2.70. The minimum atomic E-state index is -1.56. The maximum Gasteiger partial charge on any atom is 0.305 e. The van der Waals surface area contributed by atoms with Gasteiger partial charge in [-0.05, 0) is 6.42 Å². The Kier molecular flexibility index (Phi) is 17.3. The number of aliphatic hydroxyl groups excluding tert-OH is 1. The van der Waals surface area contributed by atoms with Crippen molar-refractivity contribution >= 4 is 5.97 Å². The van der Waals surface area contributed by atoms with Gasteiger partial charge in [-0.25, -0.2) is 0 Å². The van der Waals surface area contributed by atoms with Crippen molar-refractivity contribution in [1.82, 2.24) is 0 Å². The van der Waals surface area contributed by atoms with Crippen molar-refractivity contribution in [3.05, 3.63) is 0 Å². The van der Waals surface area contributed by atoms with Gasteiger partial charge >= 0.3 is 5.97 Å². The topological polar surface area (TPSA) is 66.8 Å². The van der Waals surface area contributed by atoms with E-state index in [0.29, 0.717) is 6.42 Å². The van der Waals surface area contributed by atoms with Crippen molar-refractivity contribution in [2.75, 3.05) is 6.61 Å². The SMILES string of the molecule is CCCCCCCCCCCCCCCCC(=O)OCC(O)O. The summed E-state index contributed by atoms with van der Waals surface area (Å²) in [6.07, 6.45) is 16.9. The Bertz CT molecular complexity index is 254.